The van der Waals surface area contributed by atoms with Crippen molar-refractivity contribution < 1.29 is 4.42 Å². The zero-order valence-electron chi connectivity index (χ0n) is 9.94. The molecule has 17 heavy (non-hydrogen) atoms. The predicted molar refractivity (Wildman–Crippen MR) is 66.5 cm³/mol. The predicted octanol–water partition coefficient (Wildman–Crippen LogP) is 2.07. The molecule has 3 N–H and O–H groups in total. The number of rotatable bonds is 3. The number of aryl methyl sites for hydroxylation is 3. The molecule has 0 amide bonds. The molecule has 0 atom stereocenters. The highest BCUT2D eigenvalue weighted by atomic mass is 32.2. The van der Waals surface area contributed by atoms with Gasteiger partial charge in [0.15, 0.2) is 0 Å². The van der Waals surface area contributed by atoms with Crippen molar-refractivity contribution in [2.75, 3.05) is 0 Å². The van der Waals surface area contributed by atoms with Gasteiger partial charge in [-0.1, -0.05) is 11.8 Å². The minimum atomic E-state index is 0.0410. The smallest absolute Gasteiger partial charge is 0.127 e. The first kappa shape index (κ1) is 11.8. The first-order valence-corrected chi connectivity index (χ1v) is 5.92. The van der Waals surface area contributed by atoms with Crippen molar-refractivity contribution in [1.82, 2.24) is 9.78 Å². The molecule has 2 rings (SSSR count). The number of nitrogen functional groups attached to an aromatic ring is 1. The minimum Gasteiger partial charge on any atom is -0.468 e. The molecule has 2 aromatic heterocycles. The number of nitrogens with zero attached hydrogens (tertiary/aromatic N) is 2. The monoisotopic (exact) mass is 250 g/mol. The standard InChI is InChI=1S/C11H14N4OS/c1-6-9(10(12)13)11(15(3)14-6)17-8-4-5-16-7(8)2/h4-5H,1-3H3,(H3,12,13). The van der Waals surface area contributed by atoms with Gasteiger partial charge in [-0.3, -0.25) is 10.1 Å². The topological polar surface area (TPSA) is 80.8 Å². The van der Waals surface area contributed by atoms with Crippen LogP contribution in [0.25, 0.3) is 0 Å². The van der Waals surface area contributed by atoms with E-state index < -0.39 is 0 Å². The van der Waals surface area contributed by atoms with Crippen molar-refractivity contribution in [3.8, 4) is 0 Å². The molecule has 0 saturated carbocycles. The van der Waals surface area contributed by atoms with Crippen LogP contribution in [0, 0.1) is 19.3 Å². The Morgan fingerprint density at radius 2 is 2.24 bits per heavy atom. The lowest BCUT2D eigenvalue weighted by Gasteiger charge is -2.04. The summed E-state index contributed by atoms with van der Waals surface area (Å²) >= 11 is 1.51. The summed E-state index contributed by atoms with van der Waals surface area (Å²) in [6, 6.07) is 1.90. The fourth-order valence-corrected chi connectivity index (χ4v) is 2.70. The van der Waals surface area contributed by atoms with Gasteiger partial charge in [0.25, 0.3) is 0 Å². The Kier molecular flexibility index (Phi) is 2.97. The van der Waals surface area contributed by atoms with Crippen LogP contribution >= 0.6 is 11.8 Å². The fourth-order valence-electron chi connectivity index (χ4n) is 1.65. The van der Waals surface area contributed by atoms with E-state index in [1.54, 1.807) is 10.9 Å². The third kappa shape index (κ3) is 2.08. The molecule has 0 unspecified atom stereocenters. The second-order valence-electron chi connectivity index (χ2n) is 3.75. The lowest BCUT2D eigenvalue weighted by molar-refractivity contribution is 0.526. The maximum absolute atomic E-state index is 7.60. The highest BCUT2D eigenvalue weighted by Crippen LogP contribution is 2.33. The Balaban J connectivity index is 2.45. The van der Waals surface area contributed by atoms with Crippen molar-refractivity contribution in [3.05, 3.63) is 29.3 Å². The molecule has 2 heterocycles. The molecule has 0 aliphatic rings. The molecule has 90 valence electrons. The van der Waals surface area contributed by atoms with Crippen LogP contribution < -0.4 is 5.73 Å². The van der Waals surface area contributed by atoms with Gasteiger partial charge in [0.05, 0.1) is 22.4 Å². The number of aromatic nitrogens is 2. The van der Waals surface area contributed by atoms with E-state index in [1.165, 1.54) is 11.8 Å². The first-order chi connectivity index (χ1) is 8.00. The van der Waals surface area contributed by atoms with Gasteiger partial charge in [0.1, 0.15) is 16.6 Å². The van der Waals surface area contributed by atoms with Gasteiger partial charge in [0, 0.05) is 7.05 Å². The largest absolute Gasteiger partial charge is 0.468 e. The number of amidine groups is 1. The second kappa shape index (κ2) is 4.29. The zero-order valence-corrected chi connectivity index (χ0v) is 10.8. The third-order valence-corrected chi connectivity index (χ3v) is 3.76. The van der Waals surface area contributed by atoms with Crippen LogP contribution in [-0.4, -0.2) is 15.6 Å². The average molecular weight is 250 g/mol. The summed E-state index contributed by atoms with van der Waals surface area (Å²) in [6.45, 7) is 3.75. The molecule has 0 fully saturated rings. The van der Waals surface area contributed by atoms with Crippen LogP contribution in [0.15, 0.2) is 26.7 Å². The molecular weight excluding hydrogens is 236 g/mol. The maximum Gasteiger partial charge on any atom is 0.127 e. The number of hydrogen-bond acceptors (Lipinski definition) is 4. The average Bonchev–Trinajstić information content (AvgIpc) is 2.73. The van der Waals surface area contributed by atoms with Gasteiger partial charge < -0.3 is 10.2 Å². The molecular formula is C11H14N4OS. The lowest BCUT2D eigenvalue weighted by Crippen LogP contribution is -2.13. The second-order valence-corrected chi connectivity index (χ2v) is 4.78. The van der Waals surface area contributed by atoms with E-state index in [0.717, 1.165) is 21.4 Å². The SMILES string of the molecule is Cc1nn(C)c(Sc2ccoc2C)c1C(=N)N. The summed E-state index contributed by atoms with van der Waals surface area (Å²) in [7, 11) is 1.84. The Morgan fingerprint density at radius 1 is 1.53 bits per heavy atom. The molecule has 0 saturated heterocycles. The summed E-state index contributed by atoms with van der Waals surface area (Å²) in [5.74, 6) is 0.891. The van der Waals surface area contributed by atoms with Gasteiger partial charge in [-0.15, -0.1) is 0 Å². The molecule has 0 bridgehead atoms. The van der Waals surface area contributed by atoms with E-state index in [2.05, 4.69) is 5.10 Å². The van der Waals surface area contributed by atoms with E-state index in [-0.39, 0.29) is 5.84 Å². The summed E-state index contributed by atoms with van der Waals surface area (Å²) in [5.41, 5.74) is 7.05. The molecule has 0 spiro atoms. The Morgan fingerprint density at radius 3 is 2.76 bits per heavy atom. The molecule has 0 aromatic carbocycles. The van der Waals surface area contributed by atoms with Crippen molar-refractivity contribution in [2.24, 2.45) is 12.8 Å². The summed E-state index contributed by atoms with van der Waals surface area (Å²) in [6.07, 6.45) is 1.65. The van der Waals surface area contributed by atoms with Gasteiger partial charge in [-0.05, 0) is 19.9 Å². The van der Waals surface area contributed by atoms with Crippen LogP contribution in [0.2, 0.25) is 0 Å². The van der Waals surface area contributed by atoms with Crippen molar-refractivity contribution in [1.29, 1.82) is 5.41 Å². The van der Waals surface area contributed by atoms with Crippen molar-refractivity contribution in [3.63, 3.8) is 0 Å². The van der Waals surface area contributed by atoms with Crippen LogP contribution in [0.1, 0.15) is 17.0 Å². The molecule has 6 heteroatoms. The molecule has 0 aliphatic carbocycles. The van der Waals surface area contributed by atoms with Gasteiger partial charge in [0.2, 0.25) is 0 Å². The summed E-state index contributed by atoms with van der Waals surface area (Å²) < 4.78 is 6.99. The van der Waals surface area contributed by atoms with Crippen LogP contribution in [0.5, 0.6) is 0 Å². The molecule has 2 aromatic rings. The number of furan rings is 1. The zero-order chi connectivity index (χ0) is 12.6. The van der Waals surface area contributed by atoms with Gasteiger partial charge in [-0.25, -0.2) is 0 Å². The van der Waals surface area contributed by atoms with E-state index in [0.29, 0.717) is 5.56 Å². The van der Waals surface area contributed by atoms with Crippen LogP contribution in [-0.2, 0) is 7.05 Å². The fraction of sp³-hybridized carbons (Fsp3) is 0.273. The normalized spacial score (nSPS) is 10.8. The number of nitrogens with one attached hydrogen (secondary N) is 1. The molecule has 5 nitrogen and oxygen atoms in total. The molecule has 0 aliphatic heterocycles. The molecule has 0 radical (unpaired) electrons. The summed E-state index contributed by atoms with van der Waals surface area (Å²) in [4.78, 5) is 1.01. The van der Waals surface area contributed by atoms with Gasteiger partial charge >= 0.3 is 0 Å². The van der Waals surface area contributed by atoms with E-state index in [4.69, 9.17) is 15.6 Å². The van der Waals surface area contributed by atoms with Crippen molar-refractivity contribution in [2.45, 2.75) is 23.8 Å². The van der Waals surface area contributed by atoms with Crippen LogP contribution in [0.4, 0.5) is 0 Å². The lowest BCUT2D eigenvalue weighted by atomic mass is 10.2. The summed E-state index contributed by atoms with van der Waals surface area (Å²) in [5, 5.41) is 12.7. The Bertz CT molecular complexity index is 570. The Hall–Kier alpha value is -1.69. The maximum atomic E-state index is 7.60. The third-order valence-electron chi connectivity index (χ3n) is 2.46. The van der Waals surface area contributed by atoms with E-state index in [1.807, 2.05) is 27.0 Å². The van der Waals surface area contributed by atoms with Crippen LogP contribution in [0.3, 0.4) is 0 Å². The van der Waals surface area contributed by atoms with Crippen molar-refractivity contribution >= 4 is 17.6 Å². The number of nitrogens with two attached hydrogens (primary N) is 1. The van der Waals surface area contributed by atoms with E-state index >= 15 is 0 Å². The van der Waals surface area contributed by atoms with E-state index in [9.17, 15) is 0 Å². The quantitative estimate of drug-likeness (QED) is 0.645. The highest BCUT2D eigenvalue weighted by molar-refractivity contribution is 7.99. The minimum absolute atomic E-state index is 0.0410. The first-order valence-electron chi connectivity index (χ1n) is 5.10. The number of hydrogen-bond donors (Lipinski definition) is 2. The highest BCUT2D eigenvalue weighted by Gasteiger charge is 2.18. The Labute approximate surface area is 103 Å². The van der Waals surface area contributed by atoms with Gasteiger partial charge in [-0.2, -0.15) is 5.10 Å².